The number of carbonyl (C=O) groups is 2. The molecule has 1 aliphatic carbocycles. The van der Waals surface area contributed by atoms with E-state index in [4.69, 9.17) is 9.47 Å². The highest BCUT2D eigenvalue weighted by molar-refractivity contribution is 5.99. The molecule has 2 N–H and O–H groups in total. The number of nitrogens with zero attached hydrogens (tertiary/aromatic N) is 1. The van der Waals surface area contributed by atoms with Crippen molar-refractivity contribution in [3.63, 3.8) is 0 Å². The van der Waals surface area contributed by atoms with E-state index < -0.39 is 23.2 Å². The minimum Gasteiger partial charge on any atom is -0.497 e. The number of halogens is 3. The predicted octanol–water partition coefficient (Wildman–Crippen LogP) is 4.48. The normalized spacial score (nSPS) is 14.1. The molecule has 1 fully saturated rings. The molecule has 1 saturated carbocycles. The smallest absolute Gasteiger partial charge is 0.420 e. The van der Waals surface area contributed by atoms with Crippen LogP contribution in [0.15, 0.2) is 66.9 Å². The van der Waals surface area contributed by atoms with Crippen molar-refractivity contribution in [3.05, 3.63) is 83.7 Å². The van der Waals surface area contributed by atoms with E-state index in [1.54, 1.807) is 30.3 Å². The van der Waals surface area contributed by atoms with E-state index in [0.29, 0.717) is 18.4 Å². The maximum absolute atomic E-state index is 13.4. The number of ether oxygens (including phenoxy) is 2. The second-order valence-electron chi connectivity index (χ2n) is 8.04. The summed E-state index contributed by atoms with van der Waals surface area (Å²) < 4.78 is 50.5. The lowest BCUT2D eigenvalue weighted by Crippen LogP contribution is -2.48. The number of nitrogens with one attached hydrogen (secondary N) is 2. The maximum Gasteiger partial charge on any atom is 0.420 e. The molecule has 4 rings (SSSR count). The molecule has 0 aliphatic heterocycles. The van der Waals surface area contributed by atoms with Crippen LogP contribution in [-0.4, -0.2) is 29.4 Å². The first-order valence-electron chi connectivity index (χ1n) is 10.7. The first kappa shape index (κ1) is 24.1. The van der Waals surface area contributed by atoms with Gasteiger partial charge in [0, 0.05) is 12.7 Å². The molecule has 10 heteroatoms. The number of pyridine rings is 1. The van der Waals surface area contributed by atoms with Gasteiger partial charge in [-0.05, 0) is 60.9 Å². The molecule has 0 spiro atoms. The highest BCUT2D eigenvalue weighted by atomic mass is 19.4. The third kappa shape index (κ3) is 5.71. The molecule has 3 aromatic rings. The first-order valence-corrected chi connectivity index (χ1v) is 10.7. The molecular weight excluding hydrogens is 463 g/mol. The van der Waals surface area contributed by atoms with Gasteiger partial charge in [0.1, 0.15) is 34.0 Å². The van der Waals surface area contributed by atoms with E-state index in [2.05, 4.69) is 15.6 Å². The number of benzene rings is 2. The van der Waals surface area contributed by atoms with Crippen LogP contribution in [0.3, 0.4) is 0 Å². The van der Waals surface area contributed by atoms with Crippen LogP contribution < -0.4 is 20.1 Å². The van der Waals surface area contributed by atoms with Crippen LogP contribution in [0.4, 0.5) is 13.2 Å². The minimum absolute atomic E-state index is 0.0698. The SMILES string of the molecule is COc1ccc(Oc2ccc(CNC(=O)C3(NC(=O)c4ccccn4)CC3)cc2)c(C(F)(F)F)c1. The second-order valence-corrected chi connectivity index (χ2v) is 8.04. The average Bonchev–Trinajstić information content (AvgIpc) is 3.64. The Hall–Kier alpha value is -4.08. The van der Waals surface area contributed by atoms with Crippen molar-refractivity contribution < 1.29 is 32.2 Å². The highest BCUT2D eigenvalue weighted by Crippen LogP contribution is 2.40. The summed E-state index contributed by atoms with van der Waals surface area (Å²) >= 11 is 0. The Morgan fingerprint density at radius 2 is 1.74 bits per heavy atom. The first-order chi connectivity index (χ1) is 16.7. The van der Waals surface area contributed by atoms with Crippen molar-refractivity contribution in [1.82, 2.24) is 15.6 Å². The summed E-state index contributed by atoms with van der Waals surface area (Å²) in [6, 6.07) is 14.7. The van der Waals surface area contributed by atoms with E-state index >= 15 is 0 Å². The summed E-state index contributed by atoms with van der Waals surface area (Å²) in [6.45, 7) is 0.177. The molecule has 0 radical (unpaired) electrons. The summed E-state index contributed by atoms with van der Waals surface area (Å²) in [6.07, 6.45) is -2.07. The number of carbonyl (C=O) groups excluding carboxylic acids is 2. The molecule has 1 aromatic heterocycles. The maximum atomic E-state index is 13.4. The standard InChI is InChI=1S/C25H22F3N3O4/c1-34-18-9-10-21(19(14-18)25(26,27)28)35-17-7-5-16(6-8-17)15-30-23(33)24(11-12-24)31-22(32)20-4-2-3-13-29-20/h2-10,13-14H,11-12,15H2,1H3,(H,30,33)(H,31,32). The molecule has 182 valence electrons. The van der Waals surface area contributed by atoms with Gasteiger partial charge < -0.3 is 20.1 Å². The van der Waals surface area contributed by atoms with Crippen LogP contribution in [-0.2, 0) is 17.5 Å². The van der Waals surface area contributed by atoms with Crippen LogP contribution in [0.25, 0.3) is 0 Å². The molecule has 0 unspecified atom stereocenters. The van der Waals surface area contributed by atoms with E-state index in [9.17, 15) is 22.8 Å². The lowest BCUT2D eigenvalue weighted by Gasteiger charge is -2.17. The van der Waals surface area contributed by atoms with E-state index in [1.165, 1.54) is 37.6 Å². The van der Waals surface area contributed by atoms with Gasteiger partial charge in [0.25, 0.3) is 5.91 Å². The zero-order valence-corrected chi connectivity index (χ0v) is 18.7. The molecule has 0 atom stereocenters. The van der Waals surface area contributed by atoms with Crippen molar-refractivity contribution >= 4 is 11.8 Å². The predicted molar refractivity (Wildman–Crippen MR) is 120 cm³/mol. The lowest BCUT2D eigenvalue weighted by atomic mass is 10.1. The van der Waals surface area contributed by atoms with Gasteiger partial charge in [-0.25, -0.2) is 0 Å². The molecular formula is C25H22F3N3O4. The van der Waals surface area contributed by atoms with Gasteiger partial charge in [-0.1, -0.05) is 18.2 Å². The van der Waals surface area contributed by atoms with Gasteiger partial charge in [-0.3, -0.25) is 14.6 Å². The van der Waals surface area contributed by atoms with Crippen LogP contribution in [0.1, 0.15) is 34.5 Å². The number of alkyl halides is 3. The van der Waals surface area contributed by atoms with E-state index in [-0.39, 0.29) is 35.4 Å². The zero-order chi connectivity index (χ0) is 25.1. The van der Waals surface area contributed by atoms with Crippen LogP contribution in [0.5, 0.6) is 17.2 Å². The number of methoxy groups -OCH3 is 1. The van der Waals surface area contributed by atoms with Crippen molar-refractivity contribution in [1.29, 1.82) is 0 Å². The number of rotatable bonds is 8. The van der Waals surface area contributed by atoms with Gasteiger partial charge >= 0.3 is 6.18 Å². The Labute approximate surface area is 199 Å². The van der Waals surface area contributed by atoms with Crippen LogP contribution in [0, 0.1) is 0 Å². The van der Waals surface area contributed by atoms with Gasteiger partial charge in [-0.15, -0.1) is 0 Å². The quantitative estimate of drug-likeness (QED) is 0.491. The molecule has 2 aromatic carbocycles. The van der Waals surface area contributed by atoms with Crippen molar-refractivity contribution in [3.8, 4) is 17.2 Å². The Bertz CT molecular complexity index is 1210. The summed E-state index contributed by atoms with van der Waals surface area (Å²) in [5, 5.41) is 5.54. The fourth-order valence-corrected chi connectivity index (χ4v) is 3.41. The van der Waals surface area contributed by atoms with Gasteiger partial charge in [0.05, 0.1) is 7.11 Å². The van der Waals surface area contributed by atoms with Crippen molar-refractivity contribution in [2.45, 2.75) is 31.1 Å². The minimum atomic E-state index is -4.61. The van der Waals surface area contributed by atoms with Gasteiger partial charge in [0.2, 0.25) is 5.91 Å². The number of hydrogen-bond acceptors (Lipinski definition) is 5. The molecule has 35 heavy (non-hydrogen) atoms. The topological polar surface area (TPSA) is 89.5 Å². The van der Waals surface area contributed by atoms with E-state index in [1.807, 2.05) is 0 Å². The number of hydrogen-bond donors (Lipinski definition) is 2. The average molecular weight is 485 g/mol. The summed E-state index contributed by atoms with van der Waals surface area (Å²) in [4.78, 5) is 29.0. The molecule has 2 amide bonds. The zero-order valence-electron chi connectivity index (χ0n) is 18.7. The Kier molecular flexibility index (Phi) is 6.63. The third-order valence-electron chi connectivity index (χ3n) is 5.53. The fraction of sp³-hybridized carbons (Fsp3) is 0.240. The molecule has 0 saturated heterocycles. The third-order valence-corrected chi connectivity index (χ3v) is 5.53. The largest absolute Gasteiger partial charge is 0.497 e. The van der Waals surface area contributed by atoms with E-state index in [0.717, 1.165) is 6.07 Å². The number of aromatic nitrogens is 1. The van der Waals surface area contributed by atoms with Crippen molar-refractivity contribution in [2.24, 2.45) is 0 Å². The Morgan fingerprint density at radius 1 is 1.03 bits per heavy atom. The summed E-state index contributed by atoms with van der Waals surface area (Å²) in [5.74, 6) is -0.803. The highest BCUT2D eigenvalue weighted by Gasteiger charge is 2.51. The molecule has 0 bridgehead atoms. The van der Waals surface area contributed by atoms with Gasteiger partial charge in [-0.2, -0.15) is 13.2 Å². The second kappa shape index (κ2) is 9.65. The summed E-state index contributed by atoms with van der Waals surface area (Å²) in [5.41, 5.74) is -0.966. The number of amides is 2. The Balaban J connectivity index is 1.36. The monoisotopic (exact) mass is 485 g/mol. The van der Waals surface area contributed by atoms with Crippen LogP contribution in [0.2, 0.25) is 0 Å². The summed E-state index contributed by atoms with van der Waals surface area (Å²) in [7, 11) is 1.28. The Morgan fingerprint density at radius 3 is 2.34 bits per heavy atom. The van der Waals surface area contributed by atoms with Gasteiger partial charge in [0.15, 0.2) is 0 Å². The van der Waals surface area contributed by atoms with Crippen LogP contribution >= 0.6 is 0 Å². The van der Waals surface area contributed by atoms with Crippen molar-refractivity contribution in [2.75, 3.05) is 7.11 Å². The fourth-order valence-electron chi connectivity index (χ4n) is 3.41. The molecule has 7 nitrogen and oxygen atoms in total. The molecule has 1 aliphatic rings. The molecule has 1 heterocycles. The lowest BCUT2D eigenvalue weighted by molar-refractivity contribution is -0.138.